The Balaban J connectivity index is 1.85. The van der Waals surface area contributed by atoms with Crippen LogP contribution in [-0.2, 0) is 6.54 Å². The highest BCUT2D eigenvalue weighted by Gasteiger charge is 2.24. The molecule has 0 radical (unpaired) electrons. The molecule has 0 aromatic heterocycles. The standard InChI is InChI=1S/C14H17FN2O/c15-13-5-4-10(6-12(13)7-16)8-17-9-11-2-1-3-14(11)18/h4-6,11,14,17-18H,1-3,8-9H2. The number of hydrogen-bond donors (Lipinski definition) is 2. The van der Waals surface area contributed by atoms with E-state index in [2.05, 4.69) is 5.32 Å². The SMILES string of the molecule is N#Cc1cc(CNCC2CCCC2O)ccc1F. The van der Waals surface area contributed by atoms with E-state index in [0.29, 0.717) is 12.5 Å². The molecule has 0 aliphatic heterocycles. The summed E-state index contributed by atoms with van der Waals surface area (Å²) in [6.07, 6.45) is 2.84. The molecule has 0 spiro atoms. The monoisotopic (exact) mass is 248 g/mol. The fourth-order valence-corrected chi connectivity index (χ4v) is 2.43. The summed E-state index contributed by atoms with van der Waals surface area (Å²) in [5.41, 5.74) is 0.968. The van der Waals surface area contributed by atoms with Crippen molar-refractivity contribution in [2.75, 3.05) is 6.54 Å². The van der Waals surface area contributed by atoms with E-state index in [1.807, 2.05) is 6.07 Å². The van der Waals surface area contributed by atoms with E-state index >= 15 is 0 Å². The smallest absolute Gasteiger partial charge is 0.140 e. The van der Waals surface area contributed by atoms with Gasteiger partial charge in [0.05, 0.1) is 11.7 Å². The van der Waals surface area contributed by atoms with Gasteiger partial charge in [-0.2, -0.15) is 5.26 Å². The predicted molar refractivity (Wildman–Crippen MR) is 66.2 cm³/mol. The summed E-state index contributed by atoms with van der Waals surface area (Å²) in [7, 11) is 0. The molecule has 4 heteroatoms. The van der Waals surface area contributed by atoms with Crippen molar-refractivity contribution < 1.29 is 9.50 Å². The zero-order valence-electron chi connectivity index (χ0n) is 10.2. The van der Waals surface area contributed by atoms with E-state index in [9.17, 15) is 9.50 Å². The van der Waals surface area contributed by atoms with Crippen LogP contribution in [0.2, 0.25) is 0 Å². The molecule has 1 aliphatic rings. The van der Waals surface area contributed by atoms with E-state index in [1.54, 1.807) is 12.1 Å². The minimum Gasteiger partial charge on any atom is -0.393 e. The van der Waals surface area contributed by atoms with Crippen molar-refractivity contribution in [3.63, 3.8) is 0 Å². The highest BCUT2D eigenvalue weighted by Crippen LogP contribution is 2.24. The molecule has 2 rings (SSSR count). The topological polar surface area (TPSA) is 56.0 Å². The van der Waals surface area contributed by atoms with Crippen molar-refractivity contribution >= 4 is 0 Å². The number of nitriles is 1. The molecule has 0 heterocycles. The summed E-state index contributed by atoms with van der Waals surface area (Å²) in [6.45, 7) is 1.36. The lowest BCUT2D eigenvalue weighted by molar-refractivity contribution is 0.131. The molecule has 3 nitrogen and oxygen atoms in total. The van der Waals surface area contributed by atoms with Crippen LogP contribution in [0.5, 0.6) is 0 Å². The maximum atomic E-state index is 13.1. The van der Waals surface area contributed by atoms with Gasteiger partial charge >= 0.3 is 0 Å². The first-order valence-electron chi connectivity index (χ1n) is 6.28. The molecule has 2 unspecified atom stereocenters. The molecule has 0 bridgehead atoms. The predicted octanol–water partition coefficient (Wildman–Crippen LogP) is 1.95. The van der Waals surface area contributed by atoms with Gasteiger partial charge < -0.3 is 10.4 Å². The molecule has 1 aliphatic carbocycles. The van der Waals surface area contributed by atoms with Crippen molar-refractivity contribution in [3.8, 4) is 6.07 Å². The van der Waals surface area contributed by atoms with E-state index in [4.69, 9.17) is 5.26 Å². The Morgan fingerprint density at radius 2 is 2.28 bits per heavy atom. The van der Waals surface area contributed by atoms with Crippen LogP contribution in [0.15, 0.2) is 18.2 Å². The fourth-order valence-electron chi connectivity index (χ4n) is 2.43. The van der Waals surface area contributed by atoms with Crippen molar-refractivity contribution in [2.45, 2.75) is 31.9 Å². The van der Waals surface area contributed by atoms with Crippen molar-refractivity contribution in [3.05, 3.63) is 35.1 Å². The second-order valence-electron chi connectivity index (χ2n) is 4.82. The normalized spacial score (nSPS) is 22.9. The molecule has 18 heavy (non-hydrogen) atoms. The van der Waals surface area contributed by atoms with Gasteiger partial charge in [-0.3, -0.25) is 0 Å². The molecular formula is C14H17FN2O. The number of rotatable bonds is 4. The summed E-state index contributed by atoms with van der Waals surface area (Å²) in [5.74, 6) is -0.159. The second kappa shape index (κ2) is 5.94. The van der Waals surface area contributed by atoms with Crippen LogP contribution in [0.3, 0.4) is 0 Å². The Kier molecular flexibility index (Phi) is 4.29. The van der Waals surface area contributed by atoms with Crippen molar-refractivity contribution in [1.29, 1.82) is 5.26 Å². The molecule has 96 valence electrons. The molecule has 1 fully saturated rings. The number of halogens is 1. The molecule has 2 N–H and O–H groups in total. The Morgan fingerprint density at radius 1 is 1.44 bits per heavy atom. The third-order valence-corrected chi connectivity index (χ3v) is 3.51. The van der Waals surface area contributed by atoms with E-state index in [-0.39, 0.29) is 11.7 Å². The lowest BCUT2D eigenvalue weighted by Crippen LogP contribution is -2.27. The molecule has 1 saturated carbocycles. The van der Waals surface area contributed by atoms with Gasteiger partial charge in [0.25, 0.3) is 0 Å². The fraction of sp³-hybridized carbons (Fsp3) is 0.500. The highest BCUT2D eigenvalue weighted by atomic mass is 19.1. The Bertz CT molecular complexity index is 456. The number of benzene rings is 1. The van der Waals surface area contributed by atoms with Crippen LogP contribution < -0.4 is 5.32 Å². The lowest BCUT2D eigenvalue weighted by atomic mass is 10.1. The zero-order valence-corrected chi connectivity index (χ0v) is 10.2. The van der Waals surface area contributed by atoms with Crippen LogP contribution in [0.25, 0.3) is 0 Å². The Hall–Kier alpha value is -1.44. The first-order valence-corrected chi connectivity index (χ1v) is 6.28. The van der Waals surface area contributed by atoms with Gasteiger partial charge in [0, 0.05) is 13.1 Å². The highest BCUT2D eigenvalue weighted by molar-refractivity contribution is 5.34. The second-order valence-corrected chi connectivity index (χ2v) is 4.82. The largest absolute Gasteiger partial charge is 0.393 e. The van der Waals surface area contributed by atoms with E-state index in [0.717, 1.165) is 31.4 Å². The Morgan fingerprint density at radius 3 is 2.94 bits per heavy atom. The molecule has 2 atom stereocenters. The Labute approximate surface area is 106 Å². The molecule has 1 aromatic carbocycles. The average molecular weight is 248 g/mol. The summed E-state index contributed by atoms with van der Waals surface area (Å²) >= 11 is 0. The zero-order chi connectivity index (χ0) is 13.0. The van der Waals surface area contributed by atoms with Crippen LogP contribution in [-0.4, -0.2) is 17.8 Å². The van der Waals surface area contributed by atoms with Gasteiger partial charge in [-0.25, -0.2) is 4.39 Å². The third-order valence-electron chi connectivity index (χ3n) is 3.51. The number of aliphatic hydroxyl groups is 1. The van der Waals surface area contributed by atoms with Gasteiger partial charge in [0.2, 0.25) is 0 Å². The molecule has 0 saturated heterocycles. The third kappa shape index (κ3) is 3.06. The maximum absolute atomic E-state index is 13.1. The van der Waals surface area contributed by atoms with E-state index in [1.165, 1.54) is 6.07 Å². The van der Waals surface area contributed by atoms with Crippen LogP contribution in [0.1, 0.15) is 30.4 Å². The number of hydrogen-bond acceptors (Lipinski definition) is 3. The van der Waals surface area contributed by atoms with Crippen LogP contribution >= 0.6 is 0 Å². The van der Waals surface area contributed by atoms with Gasteiger partial charge in [-0.15, -0.1) is 0 Å². The summed E-state index contributed by atoms with van der Waals surface area (Å²) < 4.78 is 13.1. The average Bonchev–Trinajstić information content (AvgIpc) is 2.77. The van der Waals surface area contributed by atoms with Gasteiger partial charge in [-0.1, -0.05) is 12.5 Å². The maximum Gasteiger partial charge on any atom is 0.140 e. The molecule has 0 amide bonds. The van der Waals surface area contributed by atoms with Crippen molar-refractivity contribution in [1.82, 2.24) is 5.32 Å². The summed E-state index contributed by atoms with van der Waals surface area (Å²) in [6, 6.07) is 6.39. The van der Waals surface area contributed by atoms with Gasteiger partial charge in [0.1, 0.15) is 11.9 Å². The first kappa shape index (κ1) is 13.0. The number of aliphatic hydroxyl groups excluding tert-OH is 1. The minimum absolute atomic E-state index is 0.0789. The molecule has 1 aromatic rings. The lowest BCUT2D eigenvalue weighted by Gasteiger charge is -2.15. The number of nitrogens with zero attached hydrogens (tertiary/aromatic N) is 1. The summed E-state index contributed by atoms with van der Waals surface area (Å²) in [5, 5.41) is 21.7. The quantitative estimate of drug-likeness (QED) is 0.856. The van der Waals surface area contributed by atoms with Crippen molar-refractivity contribution in [2.24, 2.45) is 5.92 Å². The van der Waals surface area contributed by atoms with Crippen LogP contribution in [0.4, 0.5) is 4.39 Å². The number of nitrogens with one attached hydrogen (secondary N) is 1. The van der Waals surface area contributed by atoms with Gasteiger partial charge in [0.15, 0.2) is 0 Å². The minimum atomic E-state index is -0.479. The van der Waals surface area contributed by atoms with E-state index < -0.39 is 5.82 Å². The summed E-state index contributed by atoms with van der Waals surface area (Å²) in [4.78, 5) is 0. The van der Waals surface area contributed by atoms with Gasteiger partial charge in [-0.05, 0) is 36.5 Å². The molecular weight excluding hydrogens is 231 g/mol. The first-order chi connectivity index (χ1) is 8.70. The van der Waals surface area contributed by atoms with Crippen LogP contribution in [0, 0.1) is 23.1 Å².